The molecule has 0 aromatic carbocycles. The van der Waals surface area contributed by atoms with Crippen LogP contribution < -0.4 is 11.1 Å². The molecule has 0 aromatic rings. The second kappa shape index (κ2) is 2.12. The molecule has 0 saturated carbocycles. The van der Waals surface area contributed by atoms with Crippen molar-refractivity contribution in [2.45, 2.75) is 6.04 Å². The van der Waals surface area contributed by atoms with E-state index in [0.717, 1.165) is 13.1 Å². The molecule has 1 aliphatic heterocycles. The Hall–Kier alpha value is -0.590. The highest BCUT2D eigenvalue weighted by atomic mass is 15.0. The lowest BCUT2D eigenvalue weighted by Crippen LogP contribution is -2.51. The van der Waals surface area contributed by atoms with E-state index in [1.165, 1.54) is 0 Å². The van der Waals surface area contributed by atoms with Crippen LogP contribution in [0.15, 0.2) is 0 Å². The summed E-state index contributed by atoms with van der Waals surface area (Å²) >= 11 is 0. The van der Waals surface area contributed by atoms with Crippen molar-refractivity contribution in [1.82, 2.24) is 5.32 Å². The molecule has 1 rings (SSSR count). The minimum Gasteiger partial charge on any atom is -0.316 e. The Balaban J connectivity index is 2.26. The minimum atomic E-state index is -0.253. The third kappa shape index (κ3) is 0.808. The number of nitrogens with zero attached hydrogens (tertiary/aromatic N) is 1. The molecule has 1 unspecified atom stereocenters. The summed E-state index contributed by atoms with van der Waals surface area (Å²) in [6.07, 6.45) is 0. The first-order chi connectivity index (χ1) is 3.84. The van der Waals surface area contributed by atoms with E-state index in [2.05, 4.69) is 5.32 Å². The van der Waals surface area contributed by atoms with Gasteiger partial charge in [-0.05, 0) is 0 Å². The molecule has 1 atom stereocenters. The Kier molecular flexibility index (Phi) is 1.47. The van der Waals surface area contributed by atoms with E-state index in [0.29, 0.717) is 5.92 Å². The Morgan fingerprint density at radius 1 is 1.75 bits per heavy atom. The van der Waals surface area contributed by atoms with Gasteiger partial charge in [0.05, 0.1) is 12.1 Å². The molecule has 1 aliphatic rings. The van der Waals surface area contributed by atoms with Crippen LogP contribution in [0.3, 0.4) is 0 Å². The Morgan fingerprint density at radius 2 is 2.38 bits per heavy atom. The minimum absolute atomic E-state index is 0.253. The number of nitrogens with one attached hydrogen (secondary N) is 1. The highest BCUT2D eigenvalue weighted by Gasteiger charge is 2.23. The van der Waals surface area contributed by atoms with E-state index in [-0.39, 0.29) is 6.04 Å². The maximum absolute atomic E-state index is 8.27. The van der Waals surface area contributed by atoms with E-state index in [9.17, 15) is 0 Å². The molecule has 44 valence electrons. The molecule has 1 saturated heterocycles. The molecule has 3 heteroatoms. The van der Waals surface area contributed by atoms with Crippen molar-refractivity contribution in [3.63, 3.8) is 0 Å². The van der Waals surface area contributed by atoms with E-state index in [1.54, 1.807) is 0 Å². The van der Waals surface area contributed by atoms with Gasteiger partial charge in [0.1, 0.15) is 0 Å². The standard InChI is InChI=1S/C5H9N3/c6-1-5(7)4-2-8-3-4/h4-5,8H,2-3,7H2. The van der Waals surface area contributed by atoms with Crippen molar-refractivity contribution in [2.75, 3.05) is 13.1 Å². The lowest BCUT2D eigenvalue weighted by molar-refractivity contribution is 0.324. The average molecular weight is 111 g/mol. The first-order valence-corrected chi connectivity index (χ1v) is 2.70. The van der Waals surface area contributed by atoms with E-state index in [1.807, 2.05) is 6.07 Å². The molecular weight excluding hydrogens is 102 g/mol. The zero-order valence-electron chi connectivity index (χ0n) is 4.59. The van der Waals surface area contributed by atoms with Crippen LogP contribution in [-0.4, -0.2) is 19.1 Å². The molecule has 8 heavy (non-hydrogen) atoms. The molecule has 1 fully saturated rings. The van der Waals surface area contributed by atoms with Gasteiger partial charge in [0.25, 0.3) is 0 Å². The molecule has 1 heterocycles. The Labute approximate surface area is 48.5 Å². The third-order valence-electron chi connectivity index (χ3n) is 1.47. The summed E-state index contributed by atoms with van der Waals surface area (Å²) in [6, 6.07) is 1.75. The smallest absolute Gasteiger partial charge is 0.0980 e. The van der Waals surface area contributed by atoms with Gasteiger partial charge in [-0.15, -0.1) is 0 Å². The molecule has 0 spiro atoms. The fraction of sp³-hybridized carbons (Fsp3) is 0.800. The number of hydrogen-bond acceptors (Lipinski definition) is 3. The van der Waals surface area contributed by atoms with Crippen molar-refractivity contribution >= 4 is 0 Å². The summed E-state index contributed by atoms with van der Waals surface area (Å²) < 4.78 is 0. The van der Waals surface area contributed by atoms with E-state index >= 15 is 0 Å². The maximum atomic E-state index is 8.27. The van der Waals surface area contributed by atoms with Gasteiger partial charge >= 0.3 is 0 Å². The lowest BCUT2D eigenvalue weighted by atomic mass is 9.96. The number of rotatable bonds is 1. The SMILES string of the molecule is N#CC(N)C1CNC1. The van der Waals surface area contributed by atoms with Gasteiger partial charge in [-0.3, -0.25) is 0 Å². The van der Waals surface area contributed by atoms with Crippen molar-refractivity contribution in [1.29, 1.82) is 5.26 Å². The van der Waals surface area contributed by atoms with E-state index < -0.39 is 0 Å². The molecular formula is C5H9N3. The topological polar surface area (TPSA) is 61.8 Å². The number of nitriles is 1. The van der Waals surface area contributed by atoms with Gasteiger partial charge in [0.15, 0.2) is 0 Å². The van der Waals surface area contributed by atoms with Crippen LogP contribution in [-0.2, 0) is 0 Å². The monoisotopic (exact) mass is 111 g/mol. The summed E-state index contributed by atoms with van der Waals surface area (Å²) in [7, 11) is 0. The van der Waals surface area contributed by atoms with Crippen molar-refractivity contribution in [3.05, 3.63) is 0 Å². The van der Waals surface area contributed by atoms with Gasteiger partial charge in [0, 0.05) is 19.0 Å². The molecule has 0 radical (unpaired) electrons. The highest BCUT2D eigenvalue weighted by molar-refractivity contribution is 4.97. The molecule has 3 nitrogen and oxygen atoms in total. The predicted molar refractivity (Wildman–Crippen MR) is 29.9 cm³/mol. The zero-order valence-corrected chi connectivity index (χ0v) is 4.59. The second-order valence-electron chi connectivity index (χ2n) is 2.07. The van der Waals surface area contributed by atoms with Crippen molar-refractivity contribution in [3.8, 4) is 6.07 Å². The number of hydrogen-bond donors (Lipinski definition) is 2. The fourth-order valence-electron chi connectivity index (χ4n) is 0.670. The summed E-state index contributed by atoms with van der Waals surface area (Å²) in [4.78, 5) is 0. The summed E-state index contributed by atoms with van der Waals surface area (Å²) in [5.41, 5.74) is 5.38. The first kappa shape index (κ1) is 5.54. The van der Waals surface area contributed by atoms with Gasteiger partial charge in [-0.25, -0.2) is 0 Å². The van der Waals surface area contributed by atoms with Crippen molar-refractivity contribution in [2.24, 2.45) is 11.7 Å². The maximum Gasteiger partial charge on any atom is 0.0980 e. The fourth-order valence-corrected chi connectivity index (χ4v) is 0.670. The van der Waals surface area contributed by atoms with Gasteiger partial charge in [-0.1, -0.05) is 0 Å². The average Bonchev–Trinajstić information content (AvgIpc) is 1.62. The number of nitrogens with two attached hydrogens (primary N) is 1. The second-order valence-corrected chi connectivity index (χ2v) is 2.07. The van der Waals surface area contributed by atoms with Crippen LogP contribution in [0.4, 0.5) is 0 Å². The summed E-state index contributed by atoms with van der Waals surface area (Å²) in [6.45, 7) is 1.82. The largest absolute Gasteiger partial charge is 0.316 e. The van der Waals surface area contributed by atoms with Crippen LogP contribution in [0, 0.1) is 17.2 Å². The zero-order chi connectivity index (χ0) is 5.98. The van der Waals surface area contributed by atoms with Gasteiger partial charge < -0.3 is 11.1 Å². The third-order valence-corrected chi connectivity index (χ3v) is 1.47. The summed E-state index contributed by atoms with van der Waals surface area (Å²) in [5.74, 6) is 0.403. The summed E-state index contributed by atoms with van der Waals surface area (Å²) in [5, 5.41) is 11.3. The van der Waals surface area contributed by atoms with Crippen LogP contribution >= 0.6 is 0 Å². The van der Waals surface area contributed by atoms with Crippen molar-refractivity contribution < 1.29 is 0 Å². The molecule has 0 bridgehead atoms. The van der Waals surface area contributed by atoms with Crippen LogP contribution in [0.1, 0.15) is 0 Å². The van der Waals surface area contributed by atoms with Gasteiger partial charge in [0.2, 0.25) is 0 Å². The van der Waals surface area contributed by atoms with Crippen LogP contribution in [0.5, 0.6) is 0 Å². The normalized spacial score (nSPS) is 23.5. The Morgan fingerprint density at radius 3 is 2.50 bits per heavy atom. The molecule has 0 aliphatic carbocycles. The molecule has 0 aromatic heterocycles. The van der Waals surface area contributed by atoms with Gasteiger partial charge in [-0.2, -0.15) is 5.26 Å². The Bertz CT molecular complexity index is 111. The first-order valence-electron chi connectivity index (χ1n) is 2.70. The van der Waals surface area contributed by atoms with E-state index in [4.69, 9.17) is 11.0 Å². The molecule has 3 N–H and O–H groups in total. The lowest BCUT2D eigenvalue weighted by Gasteiger charge is -2.28. The van der Waals surface area contributed by atoms with Crippen LogP contribution in [0.2, 0.25) is 0 Å². The molecule has 0 amide bonds. The predicted octanol–water partition coefficient (Wildman–Crippen LogP) is -0.943. The van der Waals surface area contributed by atoms with Crippen LogP contribution in [0.25, 0.3) is 0 Å². The highest BCUT2D eigenvalue weighted by Crippen LogP contribution is 2.04. The quantitative estimate of drug-likeness (QED) is 0.459.